The van der Waals surface area contributed by atoms with Gasteiger partial charge in [0.15, 0.2) is 6.61 Å². The lowest BCUT2D eigenvalue weighted by molar-refractivity contribution is -0.153. The Balaban J connectivity index is 2.28. The molecule has 0 saturated carbocycles. The summed E-state index contributed by atoms with van der Waals surface area (Å²) < 4.78 is 40.8. The quantitative estimate of drug-likeness (QED) is 0.932. The van der Waals surface area contributed by atoms with Gasteiger partial charge >= 0.3 is 6.18 Å². The van der Waals surface area contributed by atoms with Gasteiger partial charge < -0.3 is 9.84 Å². The van der Waals surface area contributed by atoms with Crippen LogP contribution in [0.3, 0.4) is 0 Å². The fourth-order valence-electron chi connectivity index (χ4n) is 1.61. The maximum absolute atomic E-state index is 12.1. The largest absolute Gasteiger partial charge is 0.484 e. The number of nitrogens with zero attached hydrogens (tertiary/aromatic N) is 1. The van der Waals surface area contributed by atoms with Crippen molar-refractivity contribution in [2.24, 2.45) is 0 Å². The van der Waals surface area contributed by atoms with Crippen LogP contribution in [0.4, 0.5) is 13.2 Å². The van der Waals surface area contributed by atoms with E-state index in [4.69, 9.17) is 0 Å². The Morgan fingerprint density at radius 2 is 2.05 bits per heavy atom. The topological polar surface area (TPSA) is 42.4 Å². The van der Waals surface area contributed by atoms with Crippen molar-refractivity contribution < 1.29 is 23.0 Å². The molecule has 19 heavy (non-hydrogen) atoms. The summed E-state index contributed by atoms with van der Waals surface area (Å²) in [5.41, 5.74) is 1.23. The summed E-state index contributed by atoms with van der Waals surface area (Å²) >= 11 is 0. The van der Waals surface area contributed by atoms with Gasteiger partial charge in [0, 0.05) is 11.6 Å². The number of fused-ring (bicyclic) bond motifs is 1. The number of hydrogen-bond acceptors (Lipinski definition) is 3. The Labute approximate surface area is 107 Å². The fraction of sp³-hybridized carbons (Fsp3) is 0.308. The van der Waals surface area contributed by atoms with E-state index in [1.807, 2.05) is 0 Å². The average Bonchev–Trinajstić information content (AvgIpc) is 2.34. The Hall–Kier alpha value is -1.82. The van der Waals surface area contributed by atoms with Crippen molar-refractivity contribution in [3.05, 3.63) is 36.0 Å². The fourth-order valence-corrected chi connectivity index (χ4v) is 1.61. The van der Waals surface area contributed by atoms with E-state index >= 15 is 0 Å². The number of aromatic nitrogens is 1. The molecule has 2 rings (SSSR count). The third-order valence-corrected chi connectivity index (χ3v) is 2.56. The van der Waals surface area contributed by atoms with Crippen molar-refractivity contribution >= 4 is 10.9 Å². The van der Waals surface area contributed by atoms with E-state index in [-0.39, 0.29) is 5.75 Å². The summed E-state index contributed by atoms with van der Waals surface area (Å²) in [6.45, 7) is 0.259. The smallest absolute Gasteiger partial charge is 0.422 e. The Morgan fingerprint density at radius 1 is 1.32 bits per heavy atom. The number of ether oxygens (including phenoxy) is 1. The first-order valence-electron chi connectivity index (χ1n) is 5.62. The van der Waals surface area contributed by atoms with E-state index in [1.54, 1.807) is 19.1 Å². The normalized spacial score (nSPS) is 13.5. The maximum Gasteiger partial charge on any atom is 0.422 e. The monoisotopic (exact) mass is 271 g/mol. The number of rotatable bonds is 3. The van der Waals surface area contributed by atoms with Gasteiger partial charge in [-0.25, -0.2) is 0 Å². The zero-order chi connectivity index (χ0) is 14.0. The second-order valence-electron chi connectivity index (χ2n) is 4.20. The summed E-state index contributed by atoms with van der Waals surface area (Å²) in [6, 6.07) is 6.16. The minimum absolute atomic E-state index is 0.120. The van der Waals surface area contributed by atoms with Gasteiger partial charge in [-0.3, -0.25) is 4.98 Å². The second-order valence-corrected chi connectivity index (χ2v) is 4.20. The van der Waals surface area contributed by atoms with Crippen LogP contribution in [0.25, 0.3) is 10.9 Å². The molecule has 0 saturated heterocycles. The second kappa shape index (κ2) is 5.05. The molecule has 3 nitrogen and oxygen atoms in total. The van der Waals surface area contributed by atoms with Crippen molar-refractivity contribution in [2.45, 2.75) is 19.2 Å². The molecule has 0 spiro atoms. The van der Waals surface area contributed by atoms with Crippen molar-refractivity contribution in [1.29, 1.82) is 0 Å². The molecular formula is C13H12F3NO2. The molecule has 2 aromatic rings. The zero-order valence-electron chi connectivity index (χ0n) is 10.1. The van der Waals surface area contributed by atoms with Crippen molar-refractivity contribution in [2.75, 3.05) is 6.61 Å². The molecule has 6 heteroatoms. The summed E-state index contributed by atoms with van der Waals surface area (Å²) in [6.07, 6.45) is -3.52. The molecule has 1 N–H and O–H groups in total. The van der Waals surface area contributed by atoms with Crippen LogP contribution in [0.5, 0.6) is 5.75 Å². The minimum Gasteiger partial charge on any atom is -0.484 e. The van der Waals surface area contributed by atoms with Crippen molar-refractivity contribution in [1.82, 2.24) is 4.98 Å². The minimum atomic E-state index is -4.37. The summed E-state index contributed by atoms with van der Waals surface area (Å²) in [4.78, 5) is 4.11. The third kappa shape index (κ3) is 3.57. The lowest BCUT2D eigenvalue weighted by atomic mass is 10.1. The molecule has 0 aliphatic rings. The predicted molar refractivity (Wildman–Crippen MR) is 63.9 cm³/mol. The molecule has 0 fully saturated rings. The number of aliphatic hydroxyl groups excluding tert-OH is 1. The number of pyridine rings is 1. The van der Waals surface area contributed by atoms with E-state index < -0.39 is 18.9 Å². The van der Waals surface area contributed by atoms with Crippen LogP contribution in [0, 0.1) is 0 Å². The Bertz CT molecular complexity index is 582. The van der Waals surface area contributed by atoms with Crippen molar-refractivity contribution in [3.8, 4) is 5.75 Å². The molecule has 0 unspecified atom stereocenters. The van der Waals surface area contributed by atoms with Gasteiger partial charge in [0.05, 0.1) is 11.6 Å². The van der Waals surface area contributed by atoms with Gasteiger partial charge in [-0.1, -0.05) is 0 Å². The van der Waals surface area contributed by atoms with Gasteiger partial charge in [-0.15, -0.1) is 0 Å². The van der Waals surface area contributed by atoms with E-state index in [0.29, 0.717) is 16.5 Å². The van der Waals surface area contributed by atoms with Gasteiger partial charge in [-0.05, 0) is 36.8 Å². The Kier molecular flexibility index (Phi) is 3.61. The van der Waals surface area contributed by atoms with Gasteiger partial charge in [0.1, 0.15) is 5.75 Å². The van der Waals surface area contributed by atoms with E-state index in [2.05, 4.69) is 9.72 Å². The SMILES string of the molecule is C[C@H](O)c1cnc2ccc(OCC(F)(F)F)cc2c1. The number of benzene rings is 1. The van der Waals surface area contributed by atoms with Crippen LogP contribution in [0.2, 0.25) is 0 Å². The molecule has 1 aromatic heterocycles. The highest BCUT2D eigenvalue weighted by Gasteiger charge is 2.28. The highest BCUT2D eigenvalue weighted by atomic mass is 19.4. The molecular weight excluding hydrogens is 259 g/mol. The standard InChI is InChI=1S/C13H12F3NO2/c1-8(18)10-4-9-5-11(19-7-13(14,15)16)2-3-12(9)17-6-10/h2-6,8,18H,7H2,1H3/t8-/m0/s1. The third-order valence-electron chi connectivity index (χ3n) is 2.56. The highest BCUT2D eigenvalue weighted by Crippen LogP contribution is 2.24. The number of halogens is 3. The molecule has 1 atom stereocenters. The van der Waals surface area contributed by atoms with Crippen LogP contribution in [-0.4, -0.2) is 22.9 Å². The summed E-state index contributed by atoms with van der Waals surface area (Å²) in [5.74, 6) is 0.120. The maximum atomic E-state index is 12.1. The number of hydrogen-bond donors (Lipinski definition) is 1. The van der Waals surface area contributed by atoms with Crippen LogP contribution in [0.1, 0.15) is 18.6 Å². The number of aliphatic hydroxyl groups is 1. The highest BCUT2D eigenvalue weighted by molar-refractivity contribution is 5.80. The molecule has 0 aliphatic heterocycles. The summed E-state index contributed by atoms with van der Waals surface area (Å²) in [5, 5.41) is 10.1. The van der Waals surface area contributed by atoms with Gasteiger partial charge in [0.25, 0.3) is 0 Å². The first-order chi connectivity index (χ1) is 8.85. The molecule has 1 heterocycles. The van der Waals surface area contributed by atoms with Gasteiger partial charge in [0.2, 0.25) is 0 Å². The van der Waals surface area contributed by atoms with Crippen LogP contribution < -0.4 is 4.74 Å². The summed E-state index contributed by atoms with van der Waals surface area (Å²) in [7, 11) is 0. The van der Waals surface area contributed by atoms with E-state index in [0.717, 1.165) is 0 Å². The molecule has 0 radical (unpaired) electrons. The predicted octanol–water partition coefficient (Wildman–Crippen LogP) is 3.23. The van der Waals surface area contributed by atoms with Crippen LogP contribution >= 0.6 is 0 Å². The van der Waals surface area contributed by atoms with Crippen LogP contribution in [0.15, 0.2) is 30.5 Å². The molecule has 1 aromatic carbocycles. The van der Waals surface area contributed by atoms with Crippen LogP contribution in [-0.2, 0) is 0 Å². The van der Waals surface area contributed by atoms with E-state index in [9.17, 15) is 18.3 Å². The van der Waals surface area contributed by atoms with Gasteiger partial charge in [-0.2, -0.15) is 13.2 Å². The molecule has 102 valence electrons. The Morgan fingerprint density at radius 3 is 2.68 bits per heavy atom. The number of alkyl halides is 3. The lowest BCUT2D eigenvalue weighted by Gasteiger charge is -2.10. The lowest BCUT2D eigenvalue weighted by Crippen LogP contribution is -2.19. The molecule has 0 bridgehead atoms. The molecule has 0 amide bonds. The van der Waals surface area contributed by atoms with Crippen molar-refractivity contribution in [3.63, 3.8) is 0 Å². The molecule has 0 aliphatic carbocycles. The zero-order valence-corrected chi connectivity index (χ0v) is 10.1. The van der Waals surface area contributed by atoms with E-state index in [1.165, 1.54) is 18.3 Å². The average molecular weight is 271 g/mol. The first-order valence-corrected chi connectivity index (χ1v) is 5.62. The first kappa shape index (κ1) is 13.6.